The molecule has 1 heterocycles. The van der Waals surface area contributed by atoms with E-state index in [1.807, 2.05) is 19.1 Å². The summed E-state index contributed by atoms with van der Waals surface area (Å²) in [5, 5.41) is 2.98. The lowest BCUT2D eigenvalue weighted by atomic mass is 10.2. The number of quaternary nitrogens is 1. The number of anilines is 1. The van der Waals surface area contributed by atoms with Crippen LogP contribution in [0.25, 0.3) is 0 Å². The Morgan fingerprint density at radius 1 is 1.44 bits per heavy atom. The number of ether oxygens (including phenoxy) is 1. The van der Waals surface area contributed by atoms with Crippen molar-refractivity contribution in [3.63, 3.8) is 0 Å². The smallest absolute Gasteiger partial charge is 0.279 e. The Kier molecular flexibility index (Phi) is 4.96. The van der Waals surface area contributed by atoms with Crippen LogP contribution in [0.4, 0.5) is 5.69 Å². The van der Waals surface area contributed by atoms with Gasteiger partial charge in [0.1, 0.15) is 13.1 Å². The van der Waals surface area contributed by atoms with Gasteiger partial charge in [0.25, 0.3) is 5.91 Å². The Morgan fingerprint density at radius 2 is 2.17 bits per heavy atom. The van der Waals surface area contributed by atoms with Crippen LogP contribution in [0.5, 0.6) is 0 Å². The van der Waals surface area contributed by atoms with Crippen LogP contribution >= 0.6 is 22.6 Å². The van der Waals surface area contributed by atoms with Gasteiger partial charge >= 0.3 is 0 Å². The number of rotatable bonds is 3. The second kappa shape index (κ2) is 6.49. The maximum atomic E-state index is 11.9. The van der Waals surface area contributed by atoms with Crippen LogP contribution in [0.15, 0.2) is 18.2 Å². The van der Waals surface area contributed by atoms with Crippen LogP contribution in [-0.2, 0) is 9.53 Å². The van der Waals surface area contributed by atoms with Crippen LogP contribution < -0.4 is 10.2 Å². The average molecular weight is 361 g/mol. The van der Waals surface area contributed by atoms with Gasteiger partial charge in [-0.2, -0.15) is 0 Å². The third-order valence-electron chi connectivity index (χ3n) is 3.07. The minimum atomic E-state index is 0.0798. The largest absolute Gasteiger partial charge is 0.370 e. The maximum Gasteiger partial charge on any atom is 0.279 e. The molecule has 0 atom stereocenters. The van der Waals surface area contributed by atoms with Crippen molar-refractivity contribution in [2.45, 2.75) is 6.92 Å². The van der Waals surface area contributed by atoms with Crippen molar-refractivity contribution in [2.75, 3.05) is 38.2 Å². The first-order valence-electron chi connectivity index (χ1n) is 6.12. The number of hydrogen-bond donors (Lipinski definition) is 2. The Hall–Kier alpha value is -0.660. The van der Waals surface area contributed by atoms with E-state index in [9.17, 15) is 4.79 Å². The predicted octanol–water partition coefficient (Wildman–Crippen LogP) is 0.453. The van der Waals surface area contributed by atoms with Gasteiger partial charge in [0.05, 0.1) is 13.2 Å². The number of amides is 1. The highest BCUT2D eigenvalue weighted by molar-refractivity contribution is 14.1. The van der Waals surface area contributed by atoms with Gasteiger partial charge in [0.2, 0.25) is 0 Å². The van der Waals surface area contributed by atoms with E-state index >= 15 is 0 Å². The van der Waals surface area contributed by atoms with E-state index in [4.69, 9.17) is 4.74 Å². The molecule has 0 aliphatic carbocycles. The highest BCUT2D eigenvalue weighted by Crippen LogP contribution is 2.17. The van der Waals surface area contributed by atoms with Crippen LogP contribution in [0.2, 0.25) is 0 Å². The number of aryl methyl sites for hydroxylation is 1. The first-order valence-corrected chi connectivity index (χ1v) is 7.20. The molecule has 0 aromatic heterocycles. The first kappa shape index (κ1) is 13.8. The lowest BCUT2D eigenvalue weighted by molar-refractivity contribution is -0.899. The van der Waals surface area contributed by atoms with Gasteiger partial charge in [-0.25, -0.2) is 0 Å². The summed E-state index contributed by atoms with van der Waals surface area (Å²) in [6.45, 7) is 5.88. The summed E-state index contributed by atoms with van der Waals surface area (Å²) in [4.78, 5) is 13.2. The molecule has 0 bridgehead atoms. The summed E-state index contributed by atoms with van der Waals surface area (Å²) in [7, 11) is 0. The number of carbonyl (C=O) groups excluding carboxylic acids is 1. The van der Waals surface area contributed by atoms with Crippen molar-refractivity contribution in [3.8, 4) is 0 Å². The van der Waals surface area contributed by atoms with Crippen molar-refractivity contribution >= 4 is 34.2 Å². The number of hydrogen-bond acceptors (Lipinski definition) is 2. The Morgan fingerprint density at radius 3 is 2.83 bits per heavy atom. The fourth-order valence-electron chi connectivity index (χ4n) is 2.03. The van der Waals surface area contributed by atoms with Gasteiger partial charge in [-0.15, -0.1) is 0 Å². The Bertz CT molecular complexity index is 431. The molecule has 1 amide bonds. The van der Waals surface area contributed by atoms with Crippen LogP contribution in [-0.4, -0.2) is 38.8 Å². The zero-order chi connectivity index (χ0) is 13.0. The Balaban J connectivity index is 1.90. The first-order chi connectivity index (χ1) is 8.65. The molecule has 4 nitrogen and oxygen atoms in total. The SMILES string of the molecule is Cc1cc(I)ccc1NC(=O)C[NH+]1CCOCC1. The Labute approximate surface area is 121 Å². The quantitative estimate of drug-likeness (QED) is 0.768. The fourth-order valence-corrected chi connectivity index (χ4v) is 2.67. The number of nitrogens with one attached hydrogen (secondary N) is 2. The fraction of sp³-hybridized carbons (Fsp3) is 0.462. The zero-order valence-corrected chi connectivity index (χ0v) is 12.6. The summed E-state index contributed by atoms with van der Waals surface area (Å²) < 4.78 is 6.46. The lowest BCUT2D eigenvalue weighted by Crippen LogP contribution is -3.15. The van der Waals surface area contributed by atoms with E-state index in [1.54, 1.807) is 0 Å². The minimum absolute atomic E-state index is 0.0798. The van der Waals surface area contributed by atoms with Crippen LogP contribution in [0, 0.1) is 10.5 Å². The second-order valence-electron chi connectivity index (χ2n) is 4.55. The summed E-state index contributed by atoms with van der Waals surface area (Å²) in [6.07, 6.45) is 0. The summed E-state index contributed by atoms with van der Waals surface area (Å²) in [6, 6.07) is 6.03. The van der Waals surface area contributed by atoms with Gasteiger partial charge in [-0.05, 0) is 53.3 Å². The topological polar surface area (TPSA) is 42.8 Å². The van der Waals surface area contributed by atoms with E-state index in [0.717, 1.165) is 37.6 Å². The van der Waals surface area contributed by atoms with Crippen molar-refractivity contribution in [2.24, 2.45) is 0 Å². The van der Waals surface area contributed by atoms with Gasteiger partial charge in [0.15, 0.2) is 6.54 Å². The molecule has 0 spiro atoms. The molecule has 2 rings (SSSR count). The predicted molar refractivity (Wildman–Crippen MR) is 78.9 cm³/mol. The molecule has 1 aromatic rings. The molecule has 5 heteroatoms. The van der Waals surface area contributed by atoms with Gasteiger partial charge < -0.3 is 15.0 Å². The number of morpholine rings is 1. The van der Waals surface area contributed by atoms with E-state index in [2.05, 4.69) is 34.0 Å². The molecule has 98 valence electrons. The molecule has 1 saturated heterocycles. The van der Waals surface area contributed by atoms with Crippen molar-refractivity contribution in [1.82, 2.24) is 0 Å². The number of halogens is 1. The van der Waals surface area contributed by atoms with E-state index in [-0.39, 0.29) is 5.91 Å². The molecule has 1 aromatic carbocycles. The summed E-state index contributed by atoms with van der Waals surface area (Å²) in [5.41, 5.74) is 2.01. The third kappa shape index (κ3) is 3.93. The molecule has 18 heavy (non-hydrogen) atoms. The highest BCUT2D eigenvalue weighted by atomic mass is 127. The molecule has 0 saturated carbocycles. The van der Waals surface area contributed by atoms with E-state index in [0.29, 0.717) is 6.54 Å². The van der Waals surface area contributed by atoms with Gasteiger partial charge in [0, 0.05) is 9.26 Å². The lowest BCUT2D eigenvalue weighted by Gasteiger charge is -2.23. The second-order valence-corrected chi connectivity index (χ2v) is 5.79. The average Bonchev–Trinajstić information content (AvgIpc) is 2.34. The van der Waals surface area contributed by atoms with E-state index < -0.39 is 0 Å². The third-order valence-corrected chi connectivity index (χ3v) is 3.74. The molecule has 1 fully saturated rings. The number of benzene rings is 1. The molecule has 1 aliphatic rings. The standard InChI is InChI=1S/C13H17IN2O2/c1-10-8-11(14)2-3-12(10)15-13(17)9-16-4-6-18-7-5-16/h2-3,8H,4-7,9H2,1H3,(H,15,17)/p+1. The number of carbonyl (C=O) groups is 1. The molecule has 0 radical (unpaired) electrons. The molecular formula is C13H18IN2O2+. The van der Waals surface area contributed by atoms with Gasteiger partial charge in [-0.3, -0.25) is 4.79 Å². The van der Waals surface area contributed by atoms with Gasteiger partial charge in [-0.1, -0.05) is 0 Å². The molecule has 2 N–H and O–H groups in total. The van der Waals surface area contributed by atoms with E-state index in [1.165, 1.54) is 8.47 Å². The molecule has 1 aliphatic heterocycles. The monoisotopic (exact) mass is 361 g/mol. The summed E-state index contributed by atoms with van der Waals surface area (Å²) >= 11 is 2.27. The minimum Gasteiger partial charge on any atom is -0.370 e. The van der Waals surface area contributed by atoms with Crippen LogP contribution in [0.3, 0.4) is 0 Å². The summed E-state index contributed by atoms with van der Waals surface area (Å²) in [5.74, 6) is 0.0798. The maximum absolute atomic E-state index is 11.9. The van der Waals surface area contributed by atoms with Crippen molar-refractivity contribution in [1.29, 1.82) is 0 Å². The van der Waals surface area contributed by atoms with Crippen molar-refractivity contribution < 1.29 is 14.4 Å². The highest BCUT2D eigenvalue weighted by Gasteiger charge is 2.17. The van der Waals surface area contributed by atoms with Crippen LogP contribution in [0.1, 0.15) is 5.56 Å². The zero-order valence-electron chi connectivity index (χ0n) is 10.5. The molecular weight excluding hydrogens is 343 g/mol. The normalized spacial score (nSPS) is 16.6. The molecule has 0 unspecified atom stereocenters. The van der Waals surface area contributed by atoms with Crippen molar-refractivity contribution in [3.05, 3.63) is 27.3 Å².